The molecule has 4 aromatic rings. The predicted molar refractivity (Wildman–Crippen MR) is 137 cm³/mol. The fraction of sp³-hybridized carbons (Fsp3) is 0.241. The molecule has 3 aromatic carbocycles. The van der Waals surface area contributed by atoms with E-state index in [4.69, 9.17) is 14.6 Å². The average molecular weight is 471 g/mol. The van der Waals surface area contributed by atoms with Crippen LogP contribution in [-0.4, -0.2) is 34.6 Å². The van der Waals surface area contributed by atoms with Gasteiger partial charge in [-0.1, -0.05) is 55.5 Å². The molecule has 180 valence electrons. The van der Waals surface area contributed by atoms with Crippen LogP contribution in [0, 0.1) is 0 Å². The molecular formula is C29H30N2O4. The van der Waals surface area contributed by atoms with Gasteiger partial charge < -0.3 is 14.6 Å². The summed E-state index contributed by atoms with van der Waals surface area (Å²) in [5, 5.41) is 14.3. The zero-order valence-corrected chi connectivity index (χ0v) is 20.1. The molecule has 4 rings (SSSR count). The van der Waals surface area contributed by atoms with Gasteiger partial charge in [0, 0.05) is 17.7 Å². The Labute approximate surface area is 205 Å². The van der Waals surface area contributed by atoms with Crippen molar-refractivity contribution in [2.24, 2.45) is 0 Å². The highest BCUT2D eigenvalue weighted by molar-refractivity contribution is 5.77. The summed E-state index contributed by atoms with van der Waals surface area (Å²) in [5.74, 6) is 0.587. The van der Waals surface area contributed by atoms with Gasteiger partial charge in [0.1, 0.15) is 11.5 Å². The number of aromatic nitrogens is 2. The summed E-state index contributed by atoms with van der Waals surface area (Å²) >= 11 is 0. The van der Waals surface area contributed by atoms with Gasteiger partial charge in [0.25, 0.3) is 0 Å². The molecule has 0 aliphatic heterocycles. The number of carbonyl (C=O) groups is 1. The van der Waals surface area contributed by atoms with E-state index in [1.165, 1.54) is 5.56 Å². The summed E-state index contributed by atoms with van der Waals surface area (Å²) in [6, 6.07) is 25.7. The Bertz CT molecular complexity index is 1280. The summed E-state index contributed by atoms with van der Waals surface area (Å²) in [7, 11) is 1.66. The van der Waals surface area contributed by atoms with Crippen LogP contribution in [0.3, 0.4) is 0 Å². The van der Waals surface area contributed by atoms with E-state index in [2.05, 4.69) is 19.1 Å². The number of aryl methyl sites for hydroxylation is 2. The molecule has 0 radical (unpaired) electrons. The molecule has 0 saturated heterocycles. The predicted octanol–water partition coefficient (Wildman–Crippen LogP) is 5.88. The first-order chi connectivity index (χ1) is 17.1. The quantitative estimate of drug-likeness (QED) is 0.296. The lowest BCUT2D eigenvalue weighted by Crippen LogP contribution is -2.06. The number of nitrogens with zero attached hydrogens (tertiary/aromatic N) is 2. The highest BCUT2D eigenvalue weighted by Gasteiger charge is 2.18. The van der Waals surface area contributed by atoms with Crippen LogP contribution in [0.2, 0.25) is 0 Å². The molecule has 0 unspecified atom stereocenters. The first-order valence-electron chi connectivity index (χ1n) is 11.8. The zero-order chi connectivity index (χ0) is 24.6. The van der Waals surface area contributed by atoms with Crippen molar-refractivity contribution < 1.29 is 19.4 Å². The van der Waals surface area contributed by atoms with Gasteiger partial charge in [0.15, 0.2) is 0 Å². The van der Waals surface area contributed by atoms with Crippen LogP contribution in [0.15, 0.2) is 78.9 Å². The van der Waals surface area contributed by atoms with Crippen molar-refractivity contribution in [1.29, 1.82) is 0 Å². The molecule has 6 heteroatoms. The Kier molecular flexibility index (Phi) is 7.83. The van der Waals surface area contributed by atoms with E-state index in [0.717, 1.165) is 41.1 Å². The number of ether oxygens (including phenoxy) is 2. The van der Waals surface area contributed by atoms with Crippen LogP contribution in [-0.2, 0) is 24.2 Å². The summed E-state index contributed by atoms with van der Waals surface area (Å²) in [6.07, 6.45) is 1.63. The third-order valence-electron chi connectivity index (χ3n) is 5.75. The zero-order valence-electron chi connectivity index (χ0n) is 20.1. The first-order valence-corrected chi connectivity index (χ1v) is 11.8. The van der Waals surface area contributed by atoms with Crippen LogP contribution in [0.1, 0.15) is 24.5 Å². The highest BCUT2D eigenvalue weighted by Crippen LogP contribution is 2.36. The van der Waals surface area contributed by atoms with Gasteiger partial charge >= 0.3 is 5.97 Å². The minimum atomic E-state index is -0.874. The minimum Gasteiger partial charge on any atom is -0.496 e. The summed E-state index contributed by atoms with van der Waals surface area (Å²) in [4.78, 5) is 11.3. The van der Waals surface area contributed by atoms with Crippen LogP contribution >= 0.6 is 0 Å². The number of hydrogen-bond donors (Lipinski definition) is 1. The van der Waals surface area contributed by atoms with Crippen molar-refractivity contribution in [3.63, 3.8) is 0 Å². The monoisotopic (exact) mass is 470 g/mol. The van der Waals surface area contributed by atoms with Gasteiger partial charge in [-0.3, -0.25) is 9.48 Å². The number of benzene rings is 3. The number of carboxylic acid groups (broad SMARTS) is 1. The molecule has 1 heterocycles. The second-order valence-electron chi connectivity index (χ2n) is 8.32. The second-order valence-corrected chi connectivity index (χ2v) is 8.32. The summed E-state index contributed by atoms with van der Waals surface area (Å²) in [5.41, 5.74) is 5.32. The third-order valence-corrected chi connectivity index (χ3v) is 5.75. The lowest BCUT2D eigenvalue weighted by molar-refractivity contribution is -0.136. The maximum atomic E-state index is 11.3. The van der Waals surface area contributed by atoms with Crippen LogP contribution in [0.25, 0.3) is 22.5 Å². The van der Waals surface area contributed by atoms with Crippen LogP contribution in [0.5, 0.6) is 11.5 Å². The largest absolute Gasteiger partial charge is 0.496 e. The Balaban J connectivity index is 1.80. The second kappa shape index (κ2) is 11.4. The van der Waals surface area contributed by atoms with E-state index in [0.29, 0.717) is 24.5 Å². The average Bonchev–Trinajstić information content (AvgIpc) is 3.30. The smallest absolute Gasteiger partial charge is 0.307 e. The molecule has 0 aliphatic carbocycles. The number of para-hydroxylation sites is 1. The topological polar surface area (TPSA) is 73.6 Å². The molecule has 1 aromatic heterocycles. The standard InChI is InChI=1S/C29H30N2O4/c1-3-17-35-28-14-13-22(19-29(32)33)18-24(28)25-20-26(23-11-7-8-12-27(23)34-2)31(30-25)16-15-21-9-5-4-6-10-21/h4-14,18,20H,3,15-17,19H2,1-2H3,(H,32,33). The van der Waals surface area contributed by atoms with E-state index in [1.807, 2.05) is 65.3 Å². The third kappa shape index (κ3) is 5.90. The minimum absolute atomic E-state index is 0.0604. The number of hydrogen-bond acceptors (Lipinski definition) is 4. The Morgan fingerprint density at radius 1 is 0.914 bits per heavy atom. The van der Waals surface area contributed by atoms with Gasteiger partial charge in [-0.15, -0.1) is 0 Å². The highest BCUT2D eigenvalue weighted by atomic mass is 16.5. The molecule has 0 amide bonds. The van der Waals surface area contributed by atoms with Gasteiger partial charge in [-0.25, -0.2) is 0 Å². The van der Waals surface area contributed by atoms with Crippen molar-refractivity contribution >= 4 is 5.97 Å². The molecular weight excluding hydrogens is 440 g/mol. The molecule has 0 fully saturated rings. The lowest BCUT2D eigenvalue weighted by Gasteiger charge is -2.11. The van der Waals surface area contributed by atoms with Crippen LogP contribution < -0.4 is 9.47 Å². The van der Waals surface area contributed by atoms with Gasteiger partial charge in [-0.2, -0.15) is 5.10 Å². The van der Waals surface area contributed by atoms with Crippen molar-refractivity contribution in [3.8, 4) is 34.0 Å². The van der Waals surface area contributed by atoms with E-state index < -0.39 is 5.97 Å². The maximum absolute atomic E-state index is 11.3. The normalized spacial score (nSPS) is 10.8. The number of rotatable bonds is 11. The fourth-order valence-corrected chi connectivity index (χ4v) is 4.07. The van der Waals surface area contributed by atoms with E-state index >= 15 is 0 Å². The molecule has 0 spiro atoms. The van der Waals surface area contributed by atoms with Crippen molar-refractivity contribution in [2.45, 2.75) is 32.7 Å². The van der Waals surface area contributed by atoms with E-state index in [-0.39, 0.29) is 6.42 Å². The Morgan fingerprint density at radius 3 is 2.43 bits per heavy atom. The number of carboxylic acids is 1. The van der Waals surface area contributed by atoms with Crippen LogP contribution in [0.4, 0.5) is 0 Å². The maximum Gasteiger partial charge on any atom is 0.307 e. The van der Waals surface area contributed by atoms with Crippen molar-refractivity contribution in [3.05, 3.63) is 90.0 Å². The first kappa shape index (κ1) is 24.1. The molecule has 0 aliphatic rings. The van der Waals surface area contributed by atoms with E-state index in [1.54, 1.807) is 13.2 Å². The Hall–Kier alpha value is -4.06. The van der Waals surface area contributed by atoms with E-state index in [9.17, 15) is 9.90 Å². The van der Waals surface area contributed by atoms with Crippen molar-refractivity contribution in [1.82, 2.24) is 9.78 Å². The molecule has 35 heavy (non-hydrogen) atoms. The number of aliphatic carboxylic acids is 1. The fourth-order valence-electron chi connectivity index (χ4n) is 4.07. The Morgan fingerprint density at radius 2 is 1.69 bits per heavy atom. The molecule has 0 atom stereocenters. The molecule has 1 N–H and O–H groups in total. The lowest BCUT2D eigenvalue weighted by atomic mass is 10.0. The number of methoxy groups -OCH3 is 1. The van der Waals surface area contributed by atoms with Crippen molar-refractivity contribution in [2.75, 3.05) is 13.7 Å². The summed E-state index contributed by atoms with van der Waals surface area (Å²) in [6.45, 7) is 3.30. The SMILES string of the molecule is CCCOc1ccc(CC(=O)O)cc1-c1cc(-c2ccccc2OC)n(CCc2ccccc2)n1. The van der Waals surface area contributed by atoms with Gasteiger partial charge in [-0.05, 0) is 54.3 Å². The molecule has 6 nitrogen and oxygen atoms in total. The summed E-state index contributed by atoms with van der Waals surface area (Å²) < 4.78 is 13.6. The molecule has 0 bridgehead atoms. The van der Waals surface area contributed by atoms with Gasteiger partial charge in [0.2, 0.25) is 0 Å². The van der Waals surface area contributed by atoms with Gasteiger partial charge in [0.05, 0.1) is 31.5 Å². The molecule has 0 saturated carbocycles.